The molecule has 4 amide bonds. The molecule has 0 bridgehead atoms. The molecule has 2 heterocycles. The second-order valence-electron chi connectivity index (χ2n) is 7.94. The quantitative estimate of drug-likeness (QED) is 0.816. The smallest absolute Gasteiger partial charge is 0.321 e. The molecule has 0 spiro atoms. The molecule has 8 heteroatoms. The van der Waals surface area contributed by atoms with E-state index in [-0.39, 0.29) is 24.4 Å². The molecule has 2 aliphatic rings. The van der Waals surface area contributed by atoms with Crippen molar-refractivity contribution < 1.29 is 18.8 Å². The largest absolute Gasteiger partial charge is 0.459 e. The number of amides is 4. The van der Waals surface area contributed by atoms with Gasteiger partial charge in [0.1, 0.15) is 0 Å². The summed E-state index contributed by atoms with van der Waals surface area (Å²) in [6.45, 7) is 6.72. The number of furan rings is 1. The van der Waals surface area contributed by atoms with Gasteiger partial charge >= 0.3 is 6.03 Å². The van der Waals surface area contributed by atoms with E-state index in [9.17, 15) is 14.4 Å². The molecule has 1 saturated carbocycles. The molecular weight excluding hydrogens is 360 g/mol. The van der Waals surface area contributed by atoms with Crippen LogP contribution in [0.4, 0.5) is 4.79 Å². The number of hydrogen-bond donors (Lipinski definition) is 2. The van der Waals surface area contributed by atoms with Gasteiger partial charge in [0, 0.05) is 32.2 Å². The fourth-order valence-corrected chi connectivity index (χ4v) is 4.02. The Morgan fingerprint density at radius 3 is 2.57 bits per heavy atom. The fraction of sp³-hybridized carbons (Fsp3) is 0.650. The number of piperazine rings is 1. The van der Waals surface area contributed by atoms with Crippen LogP contribution in [0, 0.1) is 11.8 Å². The van der Waals surface area contributed by atoms with Gasteiger partial charge in [0.05, 0.1) is 12.8 Å². The summed E-state index contributed by atoms with van der Waals surface area (Å²) >= 11 is 0. The molecule has 2 N–H and O–H groups in total. The molecule has 1 saturated heterocycles. The average Bonchev–Trinajstić information content (AvgIpc) is 3.20. The minimum atomic E-state index is -0.414. The summed E-state index contributed by atoms with van der Waals surface area (Å²) in [6.07, 6.45) is 4.73. The van der Waals surface area contributed by atoms with Gasteiger partial charge in [-0.05, 0) is 30.4 Å². The SMILES string of the molecule is C[C@H]1[C@H](C)CCC[C@@H]1NC(=O)NC(=O)CN1CCN(C(=O)c2ccco2)CC1. The molecule has 0 unspecified atom stereocenters. The van der Waals surface area contributed by atoms with E-state index in [0.29, 0.717) is 43.8 Å². The van der Waals surface area contributed by atoms with Crippen molar-refractivity contribution in [1.29, 1.82) is 0 Å². The molecule has 1 aliphatic carbocycles. The van der Waals surface area contributed by atoms with E-state index < -0.39 is 6.03 Å². The summed E-state index contributed by atoms with van der Waals surface area (Å²) in [7, 11) is 0. The van der Waals surface area contributed by atoms with Gasteiger partial charge < -0.3 is 14.6 Å². The predicted octanol–water partition coefficient (Wildman–Crippen LogP) is 1.69. The van der Waals surface area contributed by atoms with Crippen LogP contribution in [0.3, 0.4) is 0 Å². The molecule has 0 aromatic carbocycles. The molecule has 3 rings (SSSR count). The number of nitrogens with one attached hydrogen (secondary N) is 2. The fourth-order valence-electron chi connectivity index (χ4n) is 4.02. The van der Waals surface area contributed by atoms with Crippen molar-refractivity contribution in [3.05, 3.63) is 24.2 Å². The van der Waals surface area contributed by atoms with Gasteiger partial charge in [-0.15, -0.1) is 0 Å². The van der Waals surface area contributed by atoms with Gasteiger partial charge in [-0.1, -0.05) is 26.7 Å². The van der Waals surface area contributed by atoms with Crippen molar-refractivity contribution in [3.63, 3.8) is 0 Å². The van der Waals surface area contributed by atoms with Crippen molar-refractivity contribution >= 4 is 17.8 Å². The van der Waals surface area contributed by atoms with Crippen LogP contribution >= 0.6 is 0 Å². The Labute approximate surface area is 165 Å². The highest BCUT2D eigenvalue weighted by molar-refractivity contribution is 5.95. The van der Waals surface area contributed by atoms with E-state index in [1.165, 1.54) is 12.7 Å². The zero-order valence-corrected chi connectivity index (χ0v) is 16.6. The maximum Gasteiger partial charge on any atom is 0.321 e. The molecule has 28 heavy (non-hydrogen) atoms. The molecule has 2 fully saturated rings. The number of rotatable bonds is 4. The van der Waals surface area contributed by atoms with E-state index in [1.54, 1.807) is 17.0 Å². The van der Waals surface area contributed by atoms with Crippen LogP contribution in [0.2, 0.25) is 0 Å². The van der Waals surface area contributed by atoms with E-state index >= 15 is 0 Å². The molecule has 3 atom stereocenters. The van der Waals surface area contributed by atoms with Crippen LogP contribution in [-0.2, 0) is 4.79 Å². The first-order chi connectivity index (χ1) is 13.4. The number of urea groups is 1. The lowest BCUT2D eigenvalue weighted by atomic mass is 9.78. The van der Waals surface area contributed by atoms with Crippen molar-refractivity contribution in [2.75, 3.05) is 32.7 Å². The molecule has 1 aromatic rings. The lowest BCUT2D eigenvalue weighted by Crippen LogP contribution is -2.53. The maximum atomic E-state index is 12.3. The number of nitrogens with zero attached hydrogens (tertiary/aromatic N) is 2. The lowest BCUT2D eigenvalue weighted by Gasteiger charge is -2.35. The third-order valence-corrected chi connectivity index (χ3v) is 6.03. The Morgan fingerprint density at radius 1 is 1.14 bits per heavy atom. The summed E-state index contributed by atoms with van der Waals surface area (Å²) in [5, 5.41) is 5.39. The molecule has 154 valence electrons. The summed E-state index contributed by atoms with van der Waals surface area (Å²) in [5.74, 6) is 0.863. The van der Waals surface area contributed by atoms with Crippen LogP contribution in [0.15, 0.2) is 22.8 Å². The average molecular weight is 390 g/mol. The Morgan fingerprint density at radius 2 is 1.89 bits per heavy atom. The number of hydrogen-bond acceptors (Lipinski definition) is 5. The second kappa shape index (κ2) is 9.23. The Hall–Kier alpha value is -2.35. The van der Waals surface area contributed by atoms with Crippen LogP contribution in [0.25, 0.3) is 0 Å². The molecule has 1 aromatic heterocycles. The van der Waals surface area contributed by atoms with Gasteiger partial charge in [-0.25, -0.2) is 4.79 Å². The first-order valence-electron chi connectivity index (χ1n) is 10.1. The van der Waals surface area contributed by atoms with Gasteiger partial charge in [0.25, 0.3) is 5.91 Å². The predicted molar refractivity (Wildman–Crippen MR) is 104 cm³/mol. The molecule has 8 nitrogen and oxygen atoms in total. The van der Waals surface area contributed by atoms with Crippen molar-refractivity contribution in [1.82, 2.24) is 20.4 Å². The van der Waals surface area contributed by atoms with E-state index in [0.717, 1.165) is 12.8 Å². The van der Waals surface area contributed by atoms with Gasteiger partial charge in [-0.2, -0.15) is 0 Å². The minimum absolute atomic E-state index is 0.118. The van der Waals surface area contributed by atoms with Crippen molar-refractivity contribution in [2.45, 2.75) is 39.2 Å². The summed E-state index contributed by atoms with van der Waals surface area (Å²) in [6, 6.07) is 3.04. The first-order valence-corrected chi connectivity index (χ1v) is 10.1. The third-order valence-electron chi connectivity index (χ3n) is 6.03. The highest BCUT2D eigenvalue weighted by atomic mass is 16.3. The van der Waals surface area contributed by atoms with E-state index in [1.807, 2.05) is 4.90 Å². The van der Waals surface area contributed by atoms with Crippen molar-refractivity contribution in [2.24, 2.45) is 11.8 Å². The van der Waals surface area contributed by atoms with Crippen molar-refractivity contribution in [3.8, 4) is 0 Å². The summed E-state index contributed by atoms with van der Waals surface area (Å²) < 4.78 is 5.15. The van der Waals surface area contributed by atoms with Gasteiger partial charge in [0.15, 0.2) is 5.76 Å². The monoisotopic (exact) mass is 390 g/mol. The van der Waals surface area contributed by atoms with Crippen LogP contribution in [0.5, 0.6) is 0 Å². The lowest BCUT2D eigenvalue weighted by molar-refractivity contribution is -0.121. The summed E-state index contributed by atoms with van der Waals surface area (Å²) in [4.78, 5) is 40.3. The van der Waals surface area contributed by atoms with E-state index in [4.69, 9.17) is 4.42 Å². The Bertz CT molecular complexity index is 682. The van der Waals surface area contributed by atoms with Crippen LogP contribution < -0.4 is 10.6 Å². The van der Waals surface area contributed by atoms with E-state index in [2.05, 4.69) is 24.5 Å². The normalized spacial score (nSPS) is 25.9. The zero-order valence-electron chi connectivity index (χ0n) is 16.6. The first kappa shape index (κ1) is 20.4. The number of imide groups is 1. The number of carbonyl (C=O) groups excluding carboxylic acids is 3. The topological polar surface area (TPSA) is 94.9 Å². The summed E-state index contributed by atoms with van der Waals surface area (Å²) in [5.41, 5.74) is 0. The highest BCUT2D eigenvalue weighted by Gasteiger charge is 2.29. The minimum Gasteiger partial charge on any atom is -0.459 e. The van der Waals surface area contributed by atoms with Gasteiger partial charge in [0.2, 0.25) is 5.91 Å². The molecular formula is C20H30N4O4. The van der Waals surface area contributed by atoms with Crippen LogP contribution in [-0.4, -0.2) is 66.4 Å². The maximum absolute atomic E-state index is 12.3. The zero-order chi connectivity index (χ0) is 20.1. The Kier molecular flexibility index (Phi) is 6.72. The highest BCUT2D eigenvalue weighted by Crippen LogP contribution is 2.29. The Balaban J connectivity index is 1.38. The second-order valence-corrected chi connectivity index (χ2v) is 7.94. The third kappa shape index (κ3) is 5.13. The molecule has 0 radical (unpaired) electrons. The standard InChI is InChI=1S/C20H30N4O4/c1-14-5-3-6-16(15(14)2)21-20(27)22-18(25)13-23-8-10-24(11-9-23)19(26)17-7-4-12-28-17/h4,7,12,14-16H,3,5-6,8-11,13H2,1-2H3,(H2,21,22,25,27)/t14-,15+,16+/m1/s1. The molecule has 1 aliphatic heterocycles. The van der Waals surface area contributed by atoms with Crippen LogP contribution in [0.1, 0.15) is 43.7 Å². The van der Waals surface area contributed by atoms with Gasteiger partial charge in [-0.3, -0.25) is 19.8 Å². The number of carbonyl (C=O) groups is 3.